The molecule has 0 spiro atoms. The molecule has 5 aromatic carbocycles. The van der Waals surface area contributed by atoms with Crippen LogP contribution in [0.2, 0.25) is 29.6 Å². The molecule has 0 bridgehead atoms. The third-order valence-corrected chi connectivity index (χ3v) is 40.2. The molecule has 0 nitrogen and oxygen atoms in total. The van der Waals surface area contributed by atoms with E-state index in [1.807, 2.05) is 0 Å². The number of benzene rings is 5. The van der Waals surface area contributed by atoms with Crippen LogP contribution in [0.4, 0.5) is 0 Å². The number of unbranched alkanes of at least 4 members (excludes halogenated alkanes) is 20. The molecule has 2 aromatic heterocycles. The molecule has 0 amide bonds. The van der Waals surface area contributed by atoms with Gasteiger partial charge in [-0.2, -0.15) is 0 Å². The second-order valence-corrected chi connectivity index (χ2v) is 60.4. The minimum absolute atomic E-state index is 0.436. The number of hydrogen-bond acceptors (Lipinski definition) is 2. The molecule has 82 heavy (non-hydrogen) atoms. The second-order valence-electron chi connectivity index (χ2n) is 27.5. The van der Waals surface area contributed by atoms with Gasteiger partial charge in [-0.1, -0.05) is 105 Å². The van der Waals surface area contributed by atoms with Gasteiger partial charge >= 0.3 is 417 Å². The summed E-state index contributed by atoms with van der Waals surface area (Å²) < 4.78 is 3.37. The molecule has 0 unspecified atom stereocenters. The van der Waals surface area contributed by atoms with Crippen LogP contribution >= 0.6 is 22.7 Å². The zero-order valence-corrected chi connectivity index (χ0v) is 60.5. The quantitative estimate of drug-likeness (QED) is 0.0279. The average molecular weight is 1350 g/mol. The Balaban J connectivity index is 1.24. The number of aryl methyl sites for hydroxylation is 4. The summed E-state index contributed by atoms with van der Waals surface area (Å²) in [4.78, 5) is 18.9. The molecule has 0 N–H and O–H groups in total. The number of hydrogen-bond donors (Lipinski definition) is 0. The first kappa shape index (κ1) is 63.6. The molecule has 0 fully saturated rings. The minimum atomic E-state index is -2.62. The summed E-state index contributed by atoms with van der Waals surface area (Å²) >= 11 is -0.887. The predicted molar refractivity (Wildman–Crippen MR) is 371 cm³/mol. The Morgan fingerprint density at radius 2 is 0.512 bits per heavy atom. The summed E-state index contributed by atoms with van der Waals surface area (Å²) in [6.07, 6.45) is 36.6. The molecule has 9 rings (SSSR count). The fourth-order valence-corrected chi connectivity index (χ4v) is 27.0. The monoisotopic (exact) mass is 1350 g/mol. The third kappa shape index (κ3) is 14.2. The van der Waals surface area contributed by atoms with Crippen molar-refractivity contribution in [3.05, 3.63) is 188 Å². The van der Waals surface area contributed by atoms with Gasteiger partial charge in [-0.25, -0.2) is 0 Å². The molecule has 2 aliphatic carbocycles. The zero-order chi connectivity index (χ0) is 57.7. The van der Waals surface area contributed by atoms with Crippen LogP contribution in [0, 0.1) is 0 Å². The fourth-order valence-electron chi connectivity index (χ4n) is 14.1. The molecule has 0 aliphatic heterocycles. The second kappa shape index (κ2) is 29.7. The summed E-state index contributed by atoms with van der Waals surface area (Å²) in [5, 5.41) is 0. The van der Waals surface area contributed by atoms with Crippen molar-refractivity contribution in [2.24, 2.45) is 0 Å². The Kier molecular flexibility index (Phi) is 23.0. The van der Waals surface area contributed by atoms with Crippen molar-refractivity contribution in [1.82, 2.24) is 0 Å². The molecule has 0 radical (unpaired) electrons. The maximum absolute atomic E-state index is 2.80. The summed E-state index contributed by atoms with van der Waals surface area (Å²) in [7, 11) is 0. The first-order valence-electron chi connectivity index (χ1n) is 33.7. The van der Waals surface area contributed by atoms with Gasteiger partial charge in [0.2, 0.25) is 0 Å². The van der Waals surface area contributed by atoms with E-state index in [1.54, 1.807) is 5.79 Å². The van der Waals surface area contributed by atoms with E-state index in [2.05, 4.69) is 201 Å². The van der Waals surface area contributed by atoms with E-state index in [-0.39, 0.29) is 0 Å². The van der Waals surface area contributed by atoms with Crippen molar-refractivity contribution in [3.8, 4) is 20.9 Å². The van der Waals surface area contributed by atoms with Crippen LogP contribution < -0.4 is 5.79 Å². The molecule has 2 heterocycles. The molecule has 0 atom stereocenters. The molecular formula is C78H106S2Sn2. The number of fused-ring (bicyclic) bond motifs is 6. The van der Waals surface area contributed by atoms with Crippen molar-refractivity contribution >= 4 is 65.2 Å². The van der Waals surface area contributed by atoms with Gasteiger partial charge in [-0.3, -0.25) is 0 Å². The standard InChI is InChI=1S/C72H88S2.6CH3.2Sn/c1-5-9-13-17-21-25-29-55-33-41-59(42-34-55)71(60-43-35-56(36-44-60)30-26-22-18-14-10-6-2)65-49-51-73-69(65)63-54-68-64(53-67(63)71)70-66(50-52-74-70)72(68,61-45-37-57(38-46-61)31-27-23-19-15-11-7-3)62-47-39-58(40-48-62)32-28-24-20-16-12-8-4;;;;;;;;/h33-50,53-54H,5-32H2,1-4H3;6*1H3;;. The first-order valence-corrected chi connectivity index (χ1v) is 55.3. The van der Waals surface area contributed by atoms with Gasteiger partial charge in [0.05, 0.1) is 0 Å². The van der Waals surface area contributed by atoms with Gasteiger partial charge in [0.1, 0.15) is 0 Å². The van der Waals surface area contributed by atoms with E-state index in [9.17, 15) is 0 Å². The zero-order valence-electron chi connectivity index (χ0n) is 53.2. The van der Waals surface area contributed by atoms with Gasteiger partial charge in [0.25, 0.3) is 0 Å². The molecule has 438 valence electrons. The first-order chi connectivity index (χ1) is 39.8. The third-order valence-electron chi connectivity index (χ3n) is 19.0. The van der Waals surface area contributed by atoms with E-state index < -0.39 is 47.6 Å². The van der Waals surface area contributed by atoms with Crippen LogP contribution in [-0.2, 0) is 36.5 Å². The van der Waals surface area contributed by atoms with Gasteiger partial charge < -0.3 is 0 Å². The molecule has 0 saturated carbocycles. The molecule has 0 saturated heterocycles. The van der Waals surface area contributed by atoms with Crippen LogP contribution in [0.25, 0.3) is 20.9 Å². The average Bonchev–Trinajstić information content (AvgIpc) is 2.22. The van der Waals surface area contributed by atoms with E-state index >= 15 is 0 Å². The van der Waals surface area contributed by atoms with Crippen LogP contribution in [0.1, 0.15) is 249 Å². The van der Waals surface area contributed by atoms with Gasteiger partial charge in [0.15, 0.2) is 0 Å². The van der Waals surface area contributed by atoms with Crippen molar-refractivity contribution in [1.29, 1.82) is 0 Å². The van der Waals surface area contributed by atoms with E-state index in [0.29, 0.717) is 0 Å². The summed E-state index contributed by atoms with van der Waals surface area (Å²) in [5.41, 5.74) is 19.8. The molecular weight excluding hydrogens is 1240 g/mol. The van der Waals surface area contributed by atoms with Crippen LogP contribution in [-0.4, -0.2) is 36.8 Å². The summed E-state index contributed by atoms with van der Waals surface area (Å²) in [5.74, 6) is 0. The topological polar surface area (TPSA) is 0 Å². The van der Waals surface area contributed by atoms with Crippen LogP contribution in [0.3, 0.4) is 0 Å². The van der Waals surface area contributed by atoms with Gasteiger partial charge in [-0.15, -0.1) is 0 Å². The Hall–Kier alpha value is -2.90. The van der Waals surface area contributed by atoms with Crippen molar-refractivity contribution in [2.45, 2.75) is 248 Å². The number of rotatable bonds is 34. The van der Waals surface area contributed by atoms with Crippen LogP contribution in [0.5, 0.6) is 0 Å². The van der Waals surface area contributed by atoms with Crippen molar-refractivity contribution in [2.75, 3.05) is 0 Å². The fraction of sp³-hybridized carbons (Fsp3) is 0.513. The van der Waals surface area contributed by atoms with E-state index in [1.165, 1.54) is 242 Å². The summed E-state index contributed by atoms with van der Waals surface area (Å²) in [6.45, 7) is 9.30. The molecule has 4 heteroatoms. The normalized spacial score (nSPS) is 14.1. The summed E-state index contributed by atoms with van der Waals surface area (Å²) in [6, 6.07) is 51.9. The van der Waals surface area contributed by atoms with Gasteiger partial charge in [-0.05, 0) is 0 Å². The van der Waals surface area contributed by atoms with E-state index in [4.69, 9.17) is 0 Å². The van der Waals surface area contributed by atoms with Gasteiger partial charge in [0, 0.05) is 0 Å². The van der Waals surface area contributed by atoms with Crippen molar-refractivity contribution < 1.29 is 0 Å². The predicted octanol–water partition coefficient (Wildman–Crippen LogP) is 23.2. The molecule has 2 aliphatic rings. The van der Waals surface area contributed by atoms with E-state index in [0.717, 1.165) is 25.7 Å². The molecule has 7 aromatic rings. The Morgan fingerprint density at radius 1 is 0.280 bits per heavy atom. The van der Waals surface area contributed by atoms with Crippen LogP contribution in [0.15, 0.2) is 121 Å². The SMILES string of the molecule is CCCCCCCCc1ccc(C2(c3ccc(CCCCCCCC)cc3)c3cc4c(cc3-c3s[c]([Sn]([CH3])([CH3])[CH3])cc32)C(c2ccc(CCCCCCCC)cc2)(c2ccc(CCCCCCCC)cc2)c2c[c]([Sn]([CH3])([CH3])[CH3])sc2-4)cc1. The Bertz CT molecular complexity index is 2750. The number of thiophene rings is 2. The van der Waals surface area contributed by atoms with Crippen molar-refractivity contribution in [3.63, 3.8) is 0 Å². The maximum atomic E-state index is 2.80. The Morgan fingerprint density at radius 3 is 0.744 bits per heavy atom. The Labute approximate surface area is 517 Å².